The second kappa shape index (κ2) is 2.23. The van der Waals surface area contributed by atoms with Gasteiger partial charge in [0.05, 0.1) is 0 Å². The third kappa shape index (κ3) is 0.878. The maximum atomic E-state index is 8.92. The zero-order valence-corrected chi connectivity index (χ0v) is 6.59. The minimum atomic E-state index is 0.446. The van der Waals surface area contributed by atoms with Crippen molar-refractivity contribution in [3.63, 3.8) is 0 Å². The van der Waals surface area contributed by atoms with Crippen LogP contribution in [-0.4, -0.2) is 11.7 Å². The zero-order chi connectivity index (χ0) is 7.14. The summed E-state index contributed by atoms with van der Waals surface area (Å²) in [7, 11) is 0. The Balaban J connectivity index is 1.91. The average molecular weight is 140 g/mol. The Labute approximate surface area is 62.4 Å². The highest BCUT2D eigenvalue weighted by atomic mass is 16.3. The summed E-state index contributed by atoms with van der Waals surface area (Å²) >= 11 is 0. The molecule has 0 radical (unpaired) electrons. The molecule has 0 spiro atoms. The van der Waals surface area contributed by atoms with Crippen molar-refractivity contribution < 1.29 is 5.11 Å². The van der Waals surface area contributed by atoms with Gasteiger partial charge in [0, 0.05) is 6.61 Å². The zero-order valence-electron chi connectivity index (χ0n) is 6.59. The van der Waals surface area contributed by atoms with E-state index in [0.717, 1.165) is 17.8 Å². The lowest BCUT2D eigenvalue weighted by Gasteiger charge is -2.14. The van der Waals surface area contributed by atoms with Crippen molar-refractivity contribution in [2.24, 2.45) is 23.7 Å². The molecule has 1 N–H and O–H groups in total. The second-order valence-electron chi connectivity index (χ2n) is 4.09. The van der Waals surface area contributed by atoms with Gasteiger partial charge in [-0.15, -0.1) is 0 Å². The molecular weight excluding hydrogens is 124 g/mol. The van der Waals surface area contributed by atoms with Crippen LogP contribution in [0.4, 0.5) is 0 Å². The van der Waals surface area contributed by atoms with E-state index in [1.165, 1.54) is 19.3 Å². The first-order chi connectivity index (χ1) is 4.83. The molecule has 2 saturated carbocycles. The van der Waals surface area contributed by atoms with E-state index in [4.69, 9.17) is 5.11 Å². The lowest BCUT2D eigenvalue weighted by atomic mass is 9.91. The number of rotatable bonds is 1. The van der Waals surface area contributed by atoms with Crippen LogP contribution in [0.2, 0.25) is 0 Å². The molecule has 0 amide bonds. The van der Waals surface area contributed by atoms with Crippen LogP contribution in [0.3, 0.4) is 0 Å². The topological polar surface area (TPSA) is 20.2 Å². The van der Waals surface area contributed by atoms with Gasteiger partial charge >= 0.3 is 0 Å². The van der Waals surface area contributed by atoms with E-state index in [2.05, 4.69) is 6.92 Å². The van der Waals surface area contributed by atoms with Gasteiger partial charge in [-0.05, 0) is 36.5 Å². The Bertz CT molecular complexity index is 129. The number of aliphatic hydroxyl groups excluding tert-OH is 1. The van der Waals surface area contributed by atoms with E-state index >= 15 is 0 Å². The van der Waals surface area contributed by atoms with Crippen molar-refractivity contribution in [1.29, 1.82) is 0 Å². The Morgan fingerprint density at radius 1 is 1.30 bits per heavy atom. The van der Waals surface area contributed by atoms with Crippen molar-refractivity contribution in [2.45, 2.75) is 26.2 Å². The van der Waals surface area contributed by atoms with Crippen LogP contribution in [0.15, 0.2) is 0 Å². The van der Waals surface area contributed by atoms with E-state index in [-0.39, 0.29) is 0 Å². The number of hydrogen-bond donors (Lipinski definition) is 1. The number of fused-ring (bicyclic) bond motifs is 1. The summed E-state index contributed by atoms with van der Waals surface area (Å²) in [5.74, 6) is 3.46. The van der Waals surface area contributed by atoms with Crippen molar-refractivity contribution in [3.05, 3.63) is 0 Å². The van der Waals surface area contributed by atoms with Crippen LogP contribution in [0.5, 0.6) is 0 Å². The molecule has 2 aliphatic rings. The number of aliphatic hydroxyl groups is 1. The summed E-state index contributed by atoms with van der Waals surface area (Å²) in [6, 6.07) is 0. The fraction of sp³-hybridized carbons (Fsp3) is 1.00. The van der Waals surface area contributed by atoms with Crippen LogP contribution in [0.25, 0.3) is 0 Å². The van der Waals surface area contributed by atoms with Crippen molar-refractivity contribution in [3.8, 4) is 0 Å². The summed E-state index contributed by atoms with van der Waals surface area (Å²) in [4.78, 5) is 0. The second-order valence-corrected chi connectivity index (χ2v) is 4.09. The van der Waals surface area contributed by atoms with Gasteiger partial charge < -0.3 is 5.11 Å². The SMILES string of the molecule is CC1CC[C@@H]2C(CO)[C@@H]2C1. The lowest BCUT2D eigenvalue weighted by Crippen LogP contribution is -2.03. The van der Waals surface area contributed by atoms with Crippen LogP contribution < -0.4 is 0 Å². The predicted molar refractivity (Wildman–Crippen MR) is 40.6 cm³/mol. The first-order valence-corrected chi connectivity index (χ1v) is 4.43. The van der Waals surface area contributed by atoms with Crippen molar-refractivity contribution in [2.75, 3.05) is 6.61 Å². The van der Waals surface area contributed by atoms with E-state index < -0.39 is 0 Å². The van der Waals surface area contributed by atoms with Crippen LogP contribution in [0.1, 0.15) is 26.2 Å². The van der Waals surface area contributed by atoms with E-state index in [9.17, 15) is 0 Å². The van der Waals surface area contributed by atoms with Gasteiger partial charge in [-0.1, -0.05) is 13.3 Å². The molecule has 58 valence electrons. The molecule has 0 aliphatic heterocycles. The average Bonchev–Trinajstić information content (AvgIpc) is 2.60. The summed E-state index contributed by atoms with van der Waals surface area (Å²) in [6.45, 7) is 2.78. The molecule has 1 heteroatoms. The van der Waals surface area contributed by atoms with Gasteiger partial charge in [0.15, 0.2) is 0 Å². The quantitative estimate of drug-likeness (QED) is 0.587. The molecule has 2 fully saturated rings. The van der Waals surface area contributed by atoms with Gasteiger partial charge in [-0.25, -0.2) is 0 Å². The first-order valence-electron chi connectivity index (χ1n) is 4.43. The standard InChI is InChI=1S/C9H16O/c1-6-2-3-7-8(4-6)9(7)5-10/h6-10H,2-5H2,1H3/t6?,7-,8+,9?/m0/s1. The fourth-order valence-corrected chi connectivity index (χ4v) is 2.63. The highest BCUT2D eigenvalue weighted by molar-refractivity contribution is 4.99. The predicted octanol–water partition coefficient (Wildman–Crippen LogP) is 1.66. The van der Waals surface area contributed by atoms with E-state index in [0.29, 0.717) is 12.5 Å². The Kier molecular flexibility index (Phi) is 1.48. The molecular formula is C9H16O. The smallest absolute Gasteiger partial charge is 0.0464 e. The minimum absolute atomic E-state index is 0.446. The largest absolute Gasteiger partial charge is 0.396 e. The van der Waals surface area contributed by atoms with Gasteiger partial charge in [0.2, 0.25) is 0 Å². The molecule has 1 nitrogen and oxygen atoms in total. The van der Waals surface area contributed by atoms with Crippen LogP contribution in [-0.2, 0) is 0 Å². The van der Waals surface area contributed by atoms with Gasteiger partial charge in [0.1, 0.15) is 0 Å². The molecule has 10 heavy (non-hydrogen) atoms. The van der Waals surface area contributed by atoms with E-state index in [1.54, 1.807) is 0 Å². The maximum absolute atomic E-state index is 8.92. The third-order valence-electron chi connectivity index (χ3n) is 3.39. The van der Waals surface area contributed by atoms with Crippen molar-refractivity contribution in [1.82, 2.24) is 0 Å². The monoisotopic (exact) mass is 140 g/mol. The first kappa shape index (κ1) is 6.66. The van der Waals surface area contributed by atoms with Gasteiger partial charge in [0.25, 0.3) is 0 Å². The summed E-state index contributed by atoms with van der Waals surface area (Å²) in [6.07, 6.45) is 4.17. The summed E-state index contributed by atoms with van der Waals surface area (Å²) in [5.41, 5.74) is 0. The molecule has 2 unspecified atom stereocenters. The molecule has 2 rings (SSSR count). The fourth-order valence-electron chi connectivity index (χ4n) is 2.63. The number of hydrogen-bond acceptors (Lipinski definition) is 1. The highest BCUT2D eigenvalue weighted by Crippen LogP contribution is 2.56. The molecule has 0 aromatic heterocycles. The van der Waals surface area contributed by atoms with E-state index in [1.807, 2.05) is 0 Å². The van der Waals surface area contributed by atoms with Gasteiger partial charge in [-0.2, -0.15) is 0 Å². The molecule has 0 bridgehead atoms. The van der Waals surface area contributed by atoms with Crippen LogP contribution in [0, 0.1) is 23.7 Å². The normalized spacial score (nSPS) is 52.2. The Hall–Kier alpha value is -0.0400. The highest BCUT2D eigenvalue weighted by Gasteiger charge is 2.51. The summed E-state index contributed by atoms with van der Waals surface area (Å²) in [5, 5.41) is 8.92. The molecule has 2 aliphatic carbocycles. The summed E-state index contributed by atoms with van der Waals surface area (Å²) < 4.78 is 0. The molecule has 0 aromatic rings. The van der Waals surface area contributed by atoms with Gasteiger partial charge in [-0.3, -0.25) is 0 Å². The lowest BCUT2D eigenvalue weighted by molar-refractivity contribution is 0.263. The Morgan fingerprint density at radius 2 is 2.10 bits per heavy atom. The minimum Gasteiger partial charge on any atom is -0.396 e. The molecule has 4 atom stereocenters. The molecule has 0 saturated heterocycles. The molecule has 0 aromatic carbocycles. The maximum Gasteiger partial charge on any atom is 0.0464 e. The van der Waals surface area contributed by atoms with Crippen molar-refractivity contribution >= 4 is 0 Å². The Morgan fingerprint density at radius 3 is 2.70 bits per heavy atom. The third-order valence-corrected chi connectivity index (χ3v) is 3.39. The van der Waals surface area contributed by atoms with Crippen LogP contribution >= 0.6 is 0 Å². The molecule has 0 heterocycles.